The third kappa shape index (κ3) is 3.59. The molecule has 1 aliphatic carbocycles. The Labute approximate surface area is 118 Å². The lowest BCUT2D eigenvalue weighted by atomic mass is 9.97. The molecule has 0 aliphatic heterocycles. The normalized spacial score (nSPS) is 16.9. The molecule has 110 valence electrons. The van der Waals surface area contributed by atoms with Crippen LogP contribution in [0.2, 0.25) is 0 Å². The first-order valence-electron chi connectivity index (χ1n) is 7.15. The monoisotopic (exact) mass is 279 g/mol. The van der Waals surface area contributed by atoms with E-state index in [4.69, 9.17) is 0 Å². The SMILES string of the molecule is CCCC(=O)NC1(CNC(=O)c2ccon2)CCCC1. The Kier molecular flexibility index (Phi) is 4.76. The summed E-state index contributed by atoms with van der Waals surface area (Å²) in [5, 5.41) is 9.54. The van der Waals surface area contributed by atoms with Crippen LogP contribution in [0.1, 0.15) is 55.9 Å². The molecule has 0 saturated heterocycles. The Bertz CT molecular complexity index is 450. The van der Waals surface area contributed by atoms with Crippen molar-refractivity contribution in [2.45, 2.75) is 51.0 Å². The van der Waals surface area contributed by atoms with Gasteiger partial charge in [-0.25, -0.2) is 0 Å². The first-order chi connectivity index (χ1) is 9.65. The molecule has 6 heteroatoms. The predicted molar refractivity (Wildman–Crippen MR) is 73.1 cm³/mol. The van der Waals surface area contributed by atoms with Gasteiger partial charge < -0.3 is 15.2 Å². The highest BCUT2D eigenvalue weighted by Gasteiger charge is 2.35. The lowest BCUT2D eigenvalue weighted by Crippen LogP contribution is -2.53. The molecule has 2 N–H and O–H groups in total. The van der Waals surface area contributed by atoms with Crippen molar-refractivity contribution >= 4 is 11.8 Å². The molecule has 1 aromatic rings. The van der Waals surface area contributed by atoms with Crippen LogP contribution in [0.15, 0.2) is 16.9 Å². The maximum atomic E-state index is 11.9. The zero-order chi connectivity index (χ0) is 14.4. The van der Waals surface area contributed by atoms with E-state index in [0.29, 0.717) is 13.0 Å². The summed E-state index contributed by atoms with van der Waals surface area (Å²) in [5.41, 5.74) is -0.0379. The van der Waals surface area contributed by atoms with E-state index in [1.54, 1.807) is 0 Å². The predicted octanol–water partition coefficient (Wildman–Crippen LogP) is 1.63. The average molecular weight is 279 g/mol. The van der Waals surface area contributed by atoms with Crippen LogP contribution in [0.4, 0.5) is 0 Å². The second-order valence-corrected chi connectivity index (χ2v) is 5.35. The van der Waals surface area contributed by atoms with Gasteiger partial charge in [0.15, 0.2) is 5.69 Å². The van der Waals surface area contributed by atoms with Crippen LogP contribution >= 0.6 is 0 Å². The summed E-state index contributed by atoms with van der Waals surface area (Å²) >= 11 is 0. The molecule has 0 spiro atoms. The van der Waals surface area contributed by atoms with Gasteiger partial charge in [-0.15, -0.1) is 0 Å². The van der Waals surface area contributed by atoms with Crippen LogP contribution in [0.3, 0.4) is 0 Å². The molecule has 1 saturated carbocycles. The van der Waals surface area contributed by atoms with E-state index >= 15 is 0 Å². The fourth-order valence-corrected chi connectivity index (χ4v) is 2.65. The van der Waals surface area contributed by atoms with E-state index in [-0.39, 0.29) is 23.0 Å². The molecule has 20 heavy (non-hydrogen) atoms. The van der Waals surface area contributed by atoms with E-state index in [0.717, 1.165) is 32.1 Å². The molecular formula is C14H21N3O3. The largest absolute Gasteiger partial charge is 0.364 e. The van der Waals surface area contributed by atoms with Crippen molar-refractivity contribution in [1.82, 2.24) is 15.8 Å². The van der Waals surface area contributed by atoms with Gasteiger partial charge in [-0.1, -0.05) is 24.9 Å². The number of hydrogen-bond acceptors (Lipinski definition) is 4. The van der Waals surface area contributed by atoms with Gasteiger partial charge in [-0.05, 0) is 19.3 Å². The second-order valence-electron chi connectivity index (χ2n) is 5.35. The minimum atomic E-state index is -0.300. The summed E-state index contributed by atoms with van der Waals surface area (Å²) in [6.07, 6.45) is 6.68. The lowest BCUT2D eigenvalue weighted by Gasteiger charge is -2.30. The van der Waals surface area contributed by atoms with Gasteiger partial charge in [0.25, 0.3) is 5.91 Å². The zero-order valence-corrected chi connectivity index (χ0v) is 11.8. The summed E-state index contributed by atoms with van der Waals surface area (Å²) in [7, 11) is 0. The summed E-state index contributed by atoms with van der Waals surface area (Å²) < 4.78 is 4.65. The van der Waals surface area contributed by atoms with Gasteiger partial charge in [0.1, 0.15) is 6.26 Å². The number of nitrogens with zero attached hydrogens (tertiary/aromatic N) is 1. The standard InChI is InChI=1S/C14H21N3O3/c1-2-5-12(18)16-14(7-3-4-8-14)10-15-13(19)11-6-9-20-17-11/h6,9H,2-5,7-8,10H2,1H3,(H,15,19)(H,16,18). The molecule has 0 radical (unpaired) electrons. The van der Waals surface area contributed by atoms with E-state index < -0.39 is 0 Å². The summed E-state index contributed by atoms with van der Waals surface area (Å²) in [6, 6.07) is 1.52. The van der Waals surface area contributed by atoms with Gasteiger partial charge >= 0.3 is 0 Å². The molecular weight excluding hydrogens is 258 g/mol. The molecule has 0 atom stereocenters. The van der Waals surface area contributed by atoms with Crippen molar-refractivity contribution in [2.75, 3.05) is 6.54 Å². The van der Waals surface area contributed by atoms with Crippen molar-refractivity contribution < 1.29 is 14.1 Å². The summed E-state index contributed by atoms with van der Waals surface area (Å²) in [6.45, 7) is 2.42. The van der Waals surface area contributed by atoms with Crippen LogP contribution in [0.25, 0.3) is 0 Å². The number of carbonyl (C=O) groups excluding carboxylic acids is 2. The quantitative estimate of drug-likeness (QED) is 0.829. The van der Waals surface area contributed by atoms with E-state index in [9.17, 15) is 9.59 Å². The highest BCUT2D eigenvalue weighted by atomic mass is 16.5. The molecule has 0 bridgehead atoms. The van der Waals surface area contributed by atoms with Crippen molar-refractivity contribution in [3.63, 3.8) is 0 Å². The van der Waals surface area contributed by atoms with Gasteiger partial charge in [0.05, 0.1) is 5.54 Å². The minimum absolute atomic E-state index is 0.0603. The van der Waals surface area contributed by atoms with Gasteiger partial charge in [-0.2, -0.15) is 0 Å². The fourth-order valence-electron chi connectivity index (χ4n) is 2.65. The first kappa shape index (κ1) is 14.6. The van der Waals surface area contributed by atoms with Crippen LogP contribution in [0, 0.1) is 0 Å². The Balaban J connectivity index is 1.92. The molecule has 2 amide bonds. The van der Waals surface area contributed by atoms with Crippen LogP contribution in [-0.4, -0.2) is 29.1 Å². The van der Waals surface area contributed by atoms with Gasteiger partial charge in [0, 0.05) is 19.0 Å². The van der Waals surface area contributed by atoms with Crippen molar-refractivity contribution in [1.29, 1.82) is 0 Å². The van der Waals surface area contributed by atoms with Crippen molar-refractivity contribution in [3.05, 3.63) is 18.0 Å². The molecule has 1 aliphatic rings. The Morgan fingerprint density at radius 1 is 1.40 bits per heavy atom. The van der Waals surface area contributed by atoms with Crippen molar-refractivity contribution in [3.8, 4) is 0 Å². The second kappa shape index (κ2) is 6.54. The van der Waals surface area contributed by atoms with Gasteiger partial charge in [0.2, 0.25) is 5.91 Å². The Morgan fingerprint density at radius 3 is 2.75 bits per heavy atom. The smallest absolute Gasteiger partial charge is 0.273 e. The number of aromatic nitrogens is 1. The fraction of sp³-hybridized carbons (Fsp3) is 0.643. The highest BCUT2D eigenvalue weighted by Crippen LogP contribution is 2.29. The van der Waals surface area contributed by atoms with Crippen LogP contribution in [-0.2, 0) is 4.79 Å². The summed E-state index contributed by atoms with van der Waals surface area (Å²) in [5.74, 6) is -0.208. The van der Waals surface area contributed by atoms with Gasteiger partial charge in [-0.3, -0.25) is 9.59 Å². The van der Waals surface area contributed by atoms with E-state index in [2.05, 4.69) is 20.3 Å². The molecule has 0 unspecified atom stereocenters. The van der Waals surface area contributed by atoms with Crippen LogP contribution in [0.5, 0.6) is 0 Å². The highest BCUT2D eigenvalue weighted by molar-refractivity contribution is 5.92. The van der Waals surface area contributed by atoms with Crippen LogP contribution < -0.4 is 10.6 Å². The Morgan fingerprint density at radius 2 is 2.15 bits per heavy atom. The third-order valence-corrected chi connectivity index (χ3v) is 3.70. The van der Waals surface area contributed by atoms with E-state index in [1.807, 2.05) is 6.92 Å². The number of nitrogens with one attached hydrogen (secondary N) is 2. The zero-order valence-electron chi connectivity index (χ0n) is 11.8. The maximum absolute atomic E-state index is 11.9. The van der Waals surface area contributed by atoms with Crippen molar-refractivity contribution in [2.24, 2.45) is 0 Å². The Hall–Kier alpha value is -1.85. The molecule has 0 aromatic carbocycles. The first-order valence-corrected chi connectivity index (χ1v) is 7.15. The summed E-state index contributed by atoms with van der Waals surface area (Å²) in [4.78, 5) is 23.7. The minimum Gasteiger partial charge on any atom is -0.364 e. The number of amides is 2. The number of carbonyl (C=O) groups is 2. The maximum Gasteiger partial charge on any atom is 0.273 e. The molecule has 1 aromatic heterocycles. The number of rotatable bonds is 6. The molecule has 1 heterocycles. The topological polar surface area (TPSA) is 84.2 Å². The molecule has 6 nitrogen and oxygen atoms in total. The third-order valence-electron chi connectivity index (χ3n) is 3.70. The average Bonchev–Trinajstić information content (AvgIpc) is 3.08. The molecule has 1 fully saturated rings. The lowest BCUT2D eigenvalue weighted by molar-refractivity contribution is -0.123. The number of hydrogen-bond donors (Lipinski definition) is 2. The molecule has 2 rings (SSSR count). The van der Waals surface area contributed by atoms with E-state index in [1.165, 1.54) is 12.3 Å².